The van der Waals surface area contributed by atoms with Crippen molar-refractivity contribution in [2.24, 2.45) is 5.73 Å². The smallest absolute Gasteiger partial charge is 0.272 e. The van der Waals surface area contributed by atoms with Gasteiger partial charge in [0.1, 0.15) is 10.8 Å². The molecule has 0 spiro atoms. The summed E-state index contributed by atoms with van der Waals surface area (Å²) < 4.78 is 0. The average Bonchev–Trinajstić information content (AvgIpc) is 2.64. The fourth-order valence-corrected chi connectivity index (χ4v) is 1.82. The number of carbonyl (C=O) groups excluding carboxylic acids is 1. The van der Waals surface area contributed by atoms with Crippen molar-refractivity contribution >= 4 is 29.9 Å². The molecule has 4 nitrogen and oxygen atoms in total. The van der Waals surface area contributed by atoms with Crippen LogP contribution in [0.1, 0.15) is 16.9 Å². The molecule has 1 saturated heterocycles. The lowest BCUT2D eigenvalue weighted by Crippen LogP contribution is -2.32. The number of aromatic nitrogens is 1. The molecule has 16 heavy (non-hydrogen) atoms. The number of nitrogens with two attached hydrogens (primary N) is 1. The highest BCUT2D eigenvalue weighted by atomic mass is 35.5. The Balaban J connectivity index is 0.00000128. The zero-order chi connectivity index (χ0) is 10.8. The van der Waals surface area contributed by atoms with Crippen molar-refractivity contribution in [2.45, 2.75) is 12.5 Å². The molecule has 88 valence electrons. The summed E-state index contributed by atoms with van der Waals surface area (Å²) in [6.45, 7) is 1.31. The third kappa shape index (κ3) is 2.84. The van der Waals surface area contributed by atoms with Crippen LogP contribution in [0.3, 0.4) is 0 Å². The Bertz CT molecular complexity index is 386. The van der Waals surface area contributed by atoms with E-state index < -0.39 is 0 Å². The lowest BCUT2D eigenvalue weighted by molar-refractivity contribution is 0.0785. The van der Waals surface area contributed by atoms with Crippen LogP contribution >= 0.6 is 24.0 Å². The molecule has 2 N–H and O–H groups in total. The number of amides is 1. The van der Waals surface area contributed by atoms with Gasteiger partial charge in [-0.05, 0) is 18.6 Å². The molecule has 0 saturated carbocycles. The normalized spacial score (nSPS) is 19.4. The summed E-state index contributed by atoms with van der Waals surface area (Å²) in [5.74, 6) is -0.0922. The van der Waals surface area contributed by atoms with E-state index in [9.17, 15) is 4.79 Å². The van der Waals surface area contributed by atoms with Gasteiger partial charge in [-0.15, -0.1) is 12.4 Å². The Morgan fingerprint density at radius 3 is 2.88 bits per heavy atom. The molecular formula is C10H13Cl2N3O. The van der Waals surface area contributed by atoms with Crippen molar-refractivity contribution in [1.82, 2.24) is 9.88 Å². The minimum absolute atomic E-state index is 0. The summed E-state index contributed by atoms with van der Waals surface area (Å²) in [7, 11) is 0. The van der Waals surface area contributed by atoms with Gasteiger partial charge in [0.25, 0.3) is 5.91 Å². The Kier molecular flexibility index (Phi) is 4.53. The summed E-state index contributed by atoms with van der Waals surface area (Å²) in [5, 5.41) is 0.337. The summed E-state index contributed by atoms with van der Waals surface area (Å²) in [5.41, 5.74) is 6.12. The number of hydrogen-bond donors (Lipinski definition) is 1. The second-order valence-corrected chi connectivity index (χ2v) is 4.03. The SMILES string of the molecule is Cl.N[C@@H]1CCN(C(=O)c2cccc(Cl)n2)C1. The van der Waals surface area contributed by atoms with Gasteiger partial charge >= 0.3 is 0 Å². The highest BCUT2D eigenvalue weighted by Crippen LogP contribution is 2.12. The quantitative estimate of drug-likeness (QED) is 0.777. The van der Waals surface area contributed by atoms with Crippen LogP contribution in [0.2, 0.25) is 5.15 Å². The van der Waals surface area contributed by atoms with Crippen molar-refractivity contribution in [3.8, 4) is 0 Å². The van der Waals surface area contributed by atoms with Gasteiger partial charge in [0.15, 0.2) is 0 Å². The fourth-order valence-electron chi connectivity index (χ4n) is 1.66. The summed E-state index contributed by atoms with van der Waals surface area (Å²) in [6.07, 6.45) is 0.853. The average molecular weight is 262 g/mol. The van der Waals surface area contributed by atoms with E-state index >= 15 is 0 Å². The predicted molar refractivity (Wildman–Crippen MR) is 65.0 cm³/mol. The Morgan fingerprint density at radius 1 is 1.56 bits per heavy atom. The van der Waals surface area contributed by atoms with E-state index in [1.807, 2.05) is 0 Å². The number of likely N-dealkylation sites (tertiary alicyclic amines) is 1. The molecule has 1 aromatic heterocycles. The van der Waals surface area contributed by atoms with Crippen molar-refractivity contribution in [3.05, 3.63) is 29.0 Å². The maximum atomic E-state index is 11.9. The van der Waals surface area contributed by atoms with Crippen LogP contribution in [0.25, 0.3) is 0 Å². The van der Waals surface area contributed by atoms with Crippen LogP contribution in [0.4, 0.5) is 0 Å². The van der Waals surface area contributed by atoms with Gasteiger partial charge in [-0.2, -0.15) is 0 Å². The van der Waals surface area contributed by atoms with Crippen molar-refractivity contribution in [1.29, 1.82) is 0 Å². The van der Waals surface area contributed by atoms with E-state index in [0.717, 1.165) is 6.42 Å². The van der Waals surface area contributed by atoms with Gasteiger partial charge in [0.05, 0.1) is 0 Å². The summed E-state index contributed by atoms with van der Waals surface area (Å²) in [4.78, 5) is 17.6. The molecule has 1 aliphatic heterocycles. The zero-order valence-corrected chi connectivity index (χ0v) is 10.2. The minimum Gasteiger partial charge on any atom is -0.336 e. The molecule has 1 aliphatic rings. The van der Waals surface area contributed by atoms with Crippen LogP contribution in [0, 0.1) is 0 Å². The van der Waals surface area contributed by atoms with E-state index in [0.29, 0.717) is 23.9 Å². The molecule has 0 radical (unpaired) electrons. The first kappa shape index (κ1) is 13.2. The van der Waals surface area contributed by atoms with E-state index in [2.05, 4.69) is 4.98 Å². The molecular weight excluding hydrogens is 249 g/mol. The monoisotopic (exact) mass is 261 g/mol. The summed E-state index contributed by atoms with van der Waals surface area (Å²) in [6, 6.07) is 5.12. The highest BCUT2D eigenvalue weighted by Gasteiger charge is 2.25. The molecule has 6 heteroatoms. The summed E-state index contributed by atoms with van der Waals surface area (Å²) >= 11 is 5.72. The predicted octanol–water partition coefficient (Wildman–Crippen LogP) is 1.33. The van der Waals surface area contributed by atoms with Crippen LogP contribution in [0.5, 0.6) is 0 Å². The standard InChI is InChI=1S/C10H12ClN3O.ClH/c11-9-3-1-2-8(13-9)10(15)14-5-4-7(12)6-14;/h1-3,7H,4-6,12H2;1H/t7-;/m1./s1. The van der Waals surface area contributed by atoms with Crippen molar-refractivity contribution < 1.29 is 4.79 Å². The van der Waals surface area contributed by atoms with Crippen molar-refractivity contribution in [2.75, 3.05) is 13.1 Å². The van der Waals surface area contributed by atoms with Crippen LogP contribution in [-0.4, -0.2) is 34.9 Å². The lowest BCUT2D eigenvalue weighted by atomic mass is 10.3. The van der Waals surface area contributed by atoms with E-state index in [4.69, 9.17) is 17.3 Å². The number of carbonyl (C=O) groups is 1. The molecule has 1 amide bonds. The second-order valence-electron chi connectivity index (χ2n) is 3.65. The second kappa shape index (κ2) is 5.48. The van der Waals surface area contributed by atoms with E-state index in [1.54, 1.807) is 23.1 Å². The molecule has 1 atom stereocenters. The van der Waals surface area contributed by atoms with Crippen LogP contribution < -0.4 is 5.73 Å². The molecule has 1 fully saturated rings. The third-order valence-corrected chi connectivity index (χ3v) is 2.66. The van der Waals surface area contributed by atoms with Gasteiger partial charge < -0.3 is 10.6 Å². The first-order valence-electron chi connectivity index (χ1n) is 4.84. The van der Waals surface area contributed by atoms with Crippen LogP contribution in [-0.2, 0) is 0 Å². The molecule has 0 aromatic carbocycles. The first-order valence-corrected chi connectivity index (χ1v) is 5.22. The minimum atomic E-state index is -0.0922. The van der Waals surface area contributed by atoms with Crippen LogP contribution in [0.15, 0.2) is 18.2 Å². The number of halogens is 2. The highest BCUT2D eigenvalue weighted by molar-refractivity contribution is 6.29. The zero-order valence-electron chi connectivity index (χ0n) is 8.60. The van der Waals surface area contributed by atoms with E-state index in [-0.39, 0.29) is 24.4 Å². The molecule has 2 heterocycles. The lowest BCUT2D eigenvalue weighted by Gasteiger charge is -2.14. The Labute approximate surface area is 105 Å². The first-order chi connectivity index (χ1) is 7.16. The van der Waals surface area contributed by atoms with Crippen molar-refractivity contribution in [3.63, 3.8) is 0 Å². The van der Waals surface area contributed by atoms with Gasteiger partial charge in [-0.3, -0.25) is 4.79 Å². The number of rotatable bonds is 1. The van der Waals surface area contributed by atoms with E-state index in [1.165, 1.54) is 0 Å². The number of pyridine rings is 1. The van der Waals surface area contributed by atoms with Gasteiger partial charge in [-0.25, -0.2) is 4.98 Å². The number of hydrogen-bond acceptors (Lipinski definition) is 3. The molecule has 0 bridgehead atoms. The molecule has 1 aromatic rings. The topological polar surface area (TPSA) is 59.2 Å². The van der Waals surface area contributed by atoms with Gasteiger partial charge in [0, 0.05) is 19.1 Å². The molecule has 0 unspecified atom stereocenters. The van der Waals surface area contributed by atoms with Gasteiger partial charge in [-0.1, -0.05) is 17.7 Å². The Morgan fingerprint density at radius 2 is 2.31 bits per heavy atom. The molecule has 0 aliphatic carbocycles. The van der Waals surface area contributed by atoms with Gasteiger partial charge in [0.2, 0.25) is 0 Å². The maximum absolute atomic E-state index is 11.9. The number of nitrogens with zero attached hydrogens (tertiary/aromatic N) is 2. The largest absolute Gasteiger partial charge is 0.336 e. The Hall–Kier alpha value is -0.840. The third-order valence-electron chi connectivity index (χ3n) is 2.45. The fraction of sp³-hybridized carbons (Fsp3) is 0.400. The maximum Gasteiger partial charge on any atom is 0.272 e. The molecule has 2 rings (SSSR count).